The number of hydrogen-bond donors (Lipinski definition) is 2. The summed E-state index contributed by atoms with van der Waals surface area (Å²) in [6.45, 7) is 1.35. The fourth-order valence-corrected chi connectivity index (χ4v) is 3.39. The lowest BCUT2D eigenvalue weighted by Gasteiger charge is -2.32. The minimum absolute atomic E-state index is 0.0253. The molecule has 0 spiro atoms. The van der Waals surface area contributed by atoms with Gasteiger partial charge in [0.15, 0.2) is 0 Å². The molecule has 1 aliphatic heterocycles. The first-order valence-corrected chi connectivity index (χ1v) is 9.75. The van der Waals surface area contributed by atoms with E-state index in [9.17, 15) is 24.1 Å². The summed E-state index contributed by atoms with van der Waals surface area (Å²) in [5.74, 6) is -0.687. The summed E-state index contributed by atoms with van der Waals surface area (Å²) in [5.41, 5.74) is 0.760. The lowest BCUT2D eigenvalue weighted by atomic mass is 10.0. The third-order valence-electron chi connectivity index (χ3n) is 5.04. The third kappa shape index (κ3) is 5.53. The molecule has 0 aliphatic carbocycles. The molecule has 1 fully saturated rings. The van der Waals surface area contributed by atoms with Crippen LogP contribution < -0.4 is 10.6 Å². The molecule has 2 aromatic rings. The number of nitrogens with one attached hydrogen (secondary N) is 2. The number of hydrogen-bond acceptors (Lipinski definition) is 5. The van der Waals surface area contributed by atoms with Gasteiger partial charge in [0, 0.05) is 43.7 Å². The maximum Gasteiger partial charge on any atom is 0.292 e. The zero-order valence-electron chi connectivity index (χ0n) is 16.3. The Morgan fingerprint density at radius 1 is 1.10 bits per heavy atom. The highest BCUT2D eigenvalue weighted by atomic mass is 19.1. The molecule has 0 radical (unpaired) electrons. The Labute approximate surface area is 173 Å². The highest BCUT2D eigenvalue weighted by Crippen LogP contribution is 2.23. The molecule has 0 saturated carbocycles. The molecule has 3 rings (SSSR count). The van der Waals surface area contributed by atoms with Gasteiger partial charge in [0.2, 0.25) is 5.91 Å². The molecule has 2 aromatic carbocycles. The summed E-state index contributed by atoms with van der Waals surface area (Å²) >= 11 is 0. The molecule has 0 unspecified atom stereocenters. The largest absolute Gasteiger partial charge is 0.379 e. The van der Waals surface area contributed by atoms with Gasteiger partial charge in [-0.15, -0.1) is 0 Å². The molecule has 1 aliphatic rings. The van der Waals surface area contributed by atoms with Crippen LogP contribution in [0.2, 0.25) is 0 Å². The molecule has 1 heterocycles. The van der Waals surface area contributed by atoms with Crippen molar-refractivity contribution in [2.24, 2.45) is 0 Å². The van der Waals surface area contributed by atoms with Gasteiger partial charge < -0.3 is 15.5 Å². The topological polar surface area (TPSA) is 105 Å². The van der Waals surface area contributed by atoms with Crippen LogP contribution in [-0.4, -0.2) is 47.3 Å². The molecule has 1 saturated heterocycles. The molecular weight excluding hydrogens is 391 g/mol. The van der Waals surface area contributed by atoms with E-state index >= 15 is 0 Å². The Balaban J connectivity index is 1.41. The van der Waals surface area contributed by atoms with Crippen LogP contribution in [0.4, 0.5) is 15.8 Å². The Hall–Kier alpha value is -3.49. The van der Waals surface area contributed by atoms with E-state index < -0.39 is 10.7 Å². The van der Waals surface area contributed by atoms with E-state index in [1.165, 1.54) is 30.3 Å². The predicted octanol–water partition coefficient (Wildman–Crippen LogP) is 2.96. The van der Waals surface area contributed by atoms with Crippen molar-refractivity contribution in [3.8, 4) is 0 Å². The van der Waals surface area contributed by atoms with Gasteiger partial charge in [-0.3, -0.25) is 19.7 Å². The standard InChI is InChI=1S/C21H23FN4O4/c22-16-7-5-15(6-8-16)21(28)24-17-10-13-25(14-11-17)20(27)9-12-23-18-3-1-2-4-19(18)26(29)30/h1-8,17,23H,9-14H2,(H,24,28). The number of nitro groups is 1. The SMILES string of the molecule is O=C(NC1CCN(C(=O)CCNc2ccccc2[N+](=O)[O-])CC1)c1ccc(F)cc1. The van der Waals surface area contributed by atoms with Gasteiger partial charge in [0.05, 0.1) is 4.92 Å². The van der Waals surface area contributed by atoms with Crippen LogP contribution >= 0.6 is 0 Å². The summed E-state index contributed by atoms with van der Waals surface area (Å²) in [6, 6.07) is 11.6. The number of amides is 2. The summed E-state index contributed by atoms with van der Waals surface area (Å²) < 4.78 is 13.0. The highest BCUT2D eigenvalue weighted by Gasteiger charge is 2.24. The van der Waals surface area contributed by atoms with Crippen molar-refractivity contribution in [1.82, 2.24) is 10.2 Å². The van der Waals surface area contributed by atoms with E-state index in [0.717, 1.165) is 0 Å². The lowest BCUT2D eigenvalue weighted by molar-refractivity contribution is -0.384. The van der Waals surface area contributed by atoms with Gasteiger partial charge in [0.25, 0.3) is 11.6 Å². The summed E-state index contributed by atoms with van der Waals surface area (Å²) in [5, 5.41) is 16.9. The van der Waals surface area contributed by atoms with Crippen LogP contribution in [-0.2, 0) is 4.79 Å². The number of piperidine rings is 1. The molecule has 158 valence electrons. The van der Waals surface area contributed by atoms with Crippen molar-refractivity contribution >= 4 is 23.2 Å². The smallest absolute Gasteiger partial charge is 0.292 e. The lowest BCUT2D eigenvalue weighted by Crippen LogP contribution is -2.46. The number of carbonyl (C=O) groups is 2. The zero-order chi connectivity index (χ0) is 21.5. The summed E-state index contributed by atoms with van der Waals surface area (Å²) in [6.07, 6.45) is 1.49. The monoisotopic (exact) mass is 414 g/mol. The molecule has 9 heteroatoms. The van der Waals surface area contributed by atoms with Crippen molar-refractivity contribution in [2.75, 3.05) is 25.0 Å². The van der Waals surface area contributed by atoms with Gasteiger partial charge in [-0.25, -0.2) is 4.39 Å². The molecule has 2 amide bonds. The zero-order valence-corrected chi connectivity index (χ0v) is 16.3. The molecule has 2 N–H and O–H groups in total. The van der Waals surface area contributed by atoms with Gasteiger partial charge in [-0.05, 0) is 43.2 Å². The fraction of sp³-hybridized carbons (Fsp3) is 0.333. The van der Waals surface area contributed by atoms with E-state index in [1.807, 2.05) is 0 Å². The normalized spacial score (nSPS) is 14.2. The number of benzene rings is 2. The molecule has 0 bridgehead atoms. The van der Waals surface area contributed by atoms with Crippen LogP contribution in [0.25, 0.3) is 0 Å². The number of para-hydroxylation sites is 2. The number of nitro benzene ring substituents is 1. The van der Waals surface area contributed by atoms with E-state index in [1.54, 1.807) is 23.1 Å². The first-order chi connectivity index (χ1) is 14.4. The fourth-order valence-electron chi connectivity index (χ4n) is 3.39. The van der Waals surface area contributed by atoms with Crippen LogP contribution in [0.1, 0.15) is 29.6 Å². The second-order valence-corrected chi connectivity index (χ2v) is 7.09. The van der Waals surface area contributed by atoms with Crippen LogP contribution in [0.5, 0.6) is 0 Å². The van der Waals surface area contributed by atoms with E-state index in [2.05, 4.69) is 10.6 Å². The first kappa shape index (κ1) is 21.2. The Morgan fingerprint density at radius 3 is 2.43 bits per heavy atom. The van der Waals surface area contributed by atoms with E-state index in [0.29, 0.717) is 43.7 Å². The number of anilines is 1. The van der Waals surface area contributed by atoms with Gasteiger partial charge in [-0.2, -0.15) is 0 Å². The van der Waals surface area contributed by atoms with Crippen molar-refractivity contribution < 1.29 is 18.9 Å². The van der Waals surface area contributed by atoms with Crippen molar-refractivity contribution in [3.63, 3.8) is 0 Å². The van der Waals surface area contributed by atoms with Gasteiger partial charge in [-0.1, -0.05) is 12.1 Å². The van der Waals surface area contributed by atoms with Gasteiger partial charge >= 0.3 is 0 Å². The van der Waals surface area contributed by atoms with E-state index in [4.69, 9.17) is 0 Å². The number of halogens is 1. The second kappa shape index (κ2) is 9.82. The first-order valence-electron chi connectivity index (χ1n) is 9.75. The minimum atomic E-state index is -0.463. The average Bonchev–Trinajstić information content (AvgIpc) is 2.75. The minimum Gasteiger partial charge on any atom is -0.379 e. The van der Waals surface area contributed by atoms with Crippen LogP contribution in [0.3, 0.4) is 0 Å². The Kier molecular flexibility index (Phi) is 6.95. The van der Waals surface area contributed by atoms with Crippen LogP contribution in [0.15, 0.2) is 48.5 Å². The Morgan fingerprint density at radius 2 is 1.77 bits per heavy atom. The predicted molar refractivity (Wildman–Crippen MR) is 110 cm³/mol. The molecule has 8 nitrogen and oxygen atoms in total. The summed E-state index contributed by atoms with van der Waals surface area (Å²) in [7, 11) is 0. The second-order valence-electron chi connectivity index (χ2n) is 7.09. The maximum absolute atomic E-state index is 13.0. The number of rotatable bonds is 7. The van der Waals surface area contributed by atoms with E-state index in [-0.39, 0.29) is 30.0 Å². The van der Waals surface area contributed by atoms with Crippen molar-refractivity contribution in [1.29, 1.82) is 0 Å². The van der Waals surface area contributed by atoms with Crippen molar-refractivity contribution in [2.45, 2.75) is 25.3 Å². The third-order valence-corrected chi connectivity index (χ3v) is 5.04. The average molecular weight is 414 g/mol. The number of carbonyl (C=O) groups excluding carboxylic acids is 2. The molecule has 0 aromatic heterocycles. The number of likely N-dealkylation sites (tertiary alicyclic amines) is 1. The Bertz CT molecular complexity index is 911. The van der Waals surface area contributed by atoms with Crippen molar-refractivity contribution in [3.05, 3.63) is 70.0 Å². The maximum atomic E-state index is 13.0. The summed E-state index contributed by atoms with van der Waals surface area (Å²) in [4.78, 5) is 36.9. The quantitative estimate of drug-likeness (QED) is 0.535. The molecular formula is C21H23FN4O4. The molecule has 30 heavy (non-hydrogen) atoms. The number of nitrogens with zero attached hydrogens (tertiary/aromatic N) is 2. The molecule has 0 atom stereocenters. The highest BCUT2D eigenvalue weighted by molar-refractivity contribution is 5.94. The van der Waals surface area contributed by atoms with Gasteiger partial charge in [0.1, 0.15) is 11.5 Å². The van der Waals surface area contributed by atoms with Crippen LogP contribution in [0, 0.1) is 15.9 Å².